The lowest BCUT2D eigenvalue weighted by molar-refractivity contribution is -0.141. The summed E-state index contributed by atoms with van der Waals surface area (Å²) in [4.78, 5) is 1.90. The lowest BCUT2D eigenvalue weighted by Crippen LogP contribution is -2.62. The minimum atomic E-state index is -4.02. The molecule has 0 aromatic carbocycles. The lowest BCUT2D eigenvalue weighted by Gasteiger charge is -2.52. The average molecular weight is 208 g/mol. The highest BCUT2D eigenvalue weighted by Gasteiger charge is 2.44. The zero-order chi connectivity index (χ0) is 10.3. The first-order valence-electron chi connectivity index (χ1n) is 5.00. The molecule has 82 valence electrons. The van der Waals surface area contributed by atoms with Crippen molar-refractivity contribution in [2.24, 2.45) is 17.6 Å². The van der Waals surface area contributed by atoms with Crippen LogP contribution in [0.3, 0.4) is 0 Å². The number of alkyl halides is 3. The average Bonchev–Trinajstić information content (AvgIpc) is 2.13. The normalized spacial score (nSPS) is 38.1. The maximum atomic E-state index is 11.9. The van der Waals surface area contributed by atoms with E-state index in [2.05, 4.69) is 0 Å². The summed E-state index contributed by atoms with van der Waals surface area (Å²) in [7, 11) is 0. The van der Waals surface area contributed by atoms with E-state index in [1.165, 1.54) is 0 Å². The number of piperidine rings is 2. The highest BCUT2D eigenvalue weighted by molar-refractivity contribution is 4.99. The molecule has 3 fully saturated rings. The molecule has 0 aromatic heterocycles. The van der Waals surface area contributed by atoms with Gasteiger partial charge in [-0.2, -0.15) is 13.2 Å². The van der Waals surface area contributed by atoms with Crippen LogP contribution in [0, 0.1) is 11.8 Å². The van der Waals surface area contributed by atoms with Crippen molar-refractivity contribution in [1.29, 1.82) is 0 Å². The third kappa shape index (κ3) is 2.03. The molecule has 2 atom stereocenters. The van der Waals surface area contributed by atoms with Gasteiger partial charge in [0.05, 0.1) is 6.42 Å². The van der Waals surface area contributed by atoms with Crippen molar-refractivity contribution in [2.45, 2.75) is 25.1 Å². The number of halogens is 3. The van der Waals surface area contributed by atoms with Gasteiger partial charge in [0.1, 0.15) is 0 Å². The van der Waals surface area contributed by atoms with Crippen molar-refractivity contribution in [2.75, 3.05) is 19.6 Å². The van der Waals surface area contributed by atoms with E-state index in [1.807, 2.05) is 4.90 Å². The van der Waals surface area contributed by atoms with Gasteiger partial charge in [-0.05, 0) is 18.3 Å². The van der Waals surface area contributed by atoms with Crippen LogP contribution in [0.2, 0.25) is 0 Å². The van der Waals surface area contributed by atoms with E-state index in [0.717, 1.165) is 19.5 Å². The summed E-state index contributed by atoms with van der Waals surface area (Å²) >= 11 is 0. The zero-order valence-corrected chi connectivity index (χ0v) is 7.93. The Bertz CT molecular complexity index is 205. The number of hydrogen-bond acceptors (Lipinski definition) is 2. The molecule has 2 saturated heterocycles. The molecule has 2 nitrogen and oxygen atoms in total. The van der Waals surface area contributed by atoms with E-state index in [0.29, 0.717) is 11.8 Å². The molecular formula is C9H15F3N2. The second-order valence-electron chi connectivity index (χ2n) is 4.46. The van der Waals surface area contributed by atoms with Crippen molar-refractivity contribution in [3.63, 3.8) is 0 Å². The number of nitrogens with zero attached hydrogens (tertiary/aromatic N) is 1. The summed E-state index contributed by atoms with van der Waals surface area (Å²) in [6.45, 7) is 1.66. The van der Waals surface area contributed by atoms with Crippen LogP contribution >= 0.6 is 0 Å². The van der Waals surface area contributed by atoms with E-state index in [4.69, 9.17) is 5.73 Å². The molecule has 3 rings (SSSR count). The molecule has 0 amide bonds. The summed E-state index contributed by atoms with van der Waals surface area (Å²) in [5.74, 6) is 0.893. The van der Waals surface area contributed by atoms with Gasteiger partial charge in [0, 0.05) is 25.7 Å². The first kappa shape index (κ1) is 10.2. The predicted molar refractivity (Wildman–Crippen MR) is 46.7 cm³/mol. The number of rotatable bonds is 2. The fourth-order valence-corrected chi connectivity index (χ4v) is 2.49. The second-order valence-corrected chi connectivity index (χ2v) is 4.46. The molecule has 2 unspecified atom stereocenters. The zero-order valence-electron chi connectivity index (χ0n) is 7.93. The molecular weight excluding hydrogens is 193 g/mol. The molecule has 2 N–H and O–H groups in total. The van der Waals surface area contributed by atoms with Crippen LogP contribution in [0.25, 0.3) is 0 Å². The van der Waals surface area contributed by atoms with Gasteiger partial charge in [0.25, 0.3) is 0 Å². The van der Waals surface area contributed by atoms with E-state index in [1.54, 1.807) is 0 Å². The largest absolute Gasteiger partial charge is 0.390 e. The van der Waals surface area contributed by atoms with Gasteiger partial charge in [0.15, 0.2) is 0 Å². The molecule has 1 aliphatic carbocycles. The Balaban J connectivity index is 1.74. The Morgan fingerprint density at radius 3 is 2.21 bits per heavy atom. The molecule has 2 bridgehead atoms. The summed E-state index contributed by atoms with van der Waals surface area (Å²) < 4.78 is 35.8. The molecule has 2 heterocycles. The van der Waals surface area contributed by atoms with Crippen LogP contribution < -0.4 is 5.73 Å². The molecule has 0 spiro atoms. The van der Waals surface area contributed by atoms with E-state index < -0.39 is 12.6 Å². The van der Waals surface area contributed by atoms with Crippen molar-refractivity contribution < 1.29 is 13.2 Å². The SMILES string of the molecule is NC1C2CC1CN(CCC(F)(F)F)C2. The van der Waals surface area contributed by atoms with Crippen LogP contribution in [0.1, 0.15) is 12.8 Å². The van der Waals surface area contributed by atoms with Crippen molar-refractivity contribution in [1.82, 2.24) is 4.90 Å². The predicted octanol–water partition coefficient (Wildman–Crippen LogP) is 1.22. The monoisotopic (exact) mass is 208 g/mol. The maximum Gasteiger partial charge on any atom is 0.390 e. The Morgan fingerprint density at radius 1 is 1.21 bits per heavy atom. The molecule has 3 aliphatic rings. The molecule has 0 aromatic rings. The van der Waals surface area contributed by atoms with E-state index in [-0.39, 0.29) is 12.6 Å². The van der Waals surface area contributed by atoms with Crippen LogP contribution in [0.5, 0.6) is 0 Å². The molecule has 5 heteroatoms. The fourth-order valence-electron chi connectivity index (χ4n) is 2.49. The molecule has 2 aliphatic heterocycles. The number of fused-ring (bicyclic) bond motifs is 2. The van der Waals surface area contributed by atoms with Gasteiger partial charge in [-0.3, -0.25) is 0 Å². The summed E-state index contributed by atoms with van der Waals surface area (Å²) in [6.07, 6.45) is -3.60. The Hall–Kier alpha value is -0.290. The van der Waals surface area contributed by atoms with Crippen molar-refractivity contribution >= 4 is 0 Å². The second kappa shape index (κ2) is 3.38. The quantitative estimate of drug-likeness (QED) is 0.739. The number of nitrogens with two attached hydrogens (primary N) is 1. The first-order valence-corrected chi connectivity index (χ1v) is 5.00. The lowest BCUT2D eigenvalue weighted by atomic mass is 9.67. The van der Waals surface area contributed by atoms with Crippen LogP contribution in [-0.2, 0) is 0 Å². The third-order valence-electron chi connectivity index (χ3n) is 3.39. The van der Waals surface area contributed by atoms with Gasteiger partial charge in [-0.25, -0.2) is 0 Å². The summed E-state index contributed by atoms with van der Waals surface area (Å²) in [5.41, 5.74) is 5.82. The van der Waals surface area contributed by atoms with Crippen LogP contribution in [-0.4, -0.2) is 36.8 Å². The third-order valence-corrected chi connectivity index (χ3v) is 3.39. The van der Waals surface area contributed by atoms with Gasteiger partial charge in [0.2, 0.25) is 0 Å². The van der Waals surface area contributed by atoms with Crippen LogP contribution in [0.4, 0.5) is 13.2 Å². The fraction of sp³-hybridized carbons (Fsp3) is 1.00. The van der Waals surface area contributed by atoms with Gasteiger partial charge >= 0.3 is 6.18 Å². The van der Waals surface area contributed by atoms with Gasteiger partial charge in [-0.1, -0.05) is 0 Å². The standard InChI is InChI=1S/C9H15F3N2/c10-9(11,12)1-2-14-4-6-3-7(5-14)8(6)13/h6-8H,1-5,13H2. The van der Waals surface area contributed by atoms with E-state index >= 15 is 0 Å². The molecule has 0 radical (unpaired) electrons. The highest BCUT2D eigenvalue weighted by atomic mass is 19.4. The summed E-state index contributed by atoms with van der Waals surface area (Å²) in [5, 5.41) is 0. The number of hydrogen-bond donors (Lipinski definition) is 1. The molecule has 14 heavy (non-hydrogen) atoms. The minimum absolute atomic E-state index is 0.142. The summed E-state index contributed by atoms with van der Waals surface area (Å²) in [6, 6.07) is 0.247. The highest BCUT2D eigenvalue weighted by Crippen LogP contribution is 2.38. The maximum absolute atomic E-state index is 11.9. The smallest absolute Gasteiger partial charge is 0.327 e. The Morgan fingerprint density at radius 2 is 1.79 bits per heavy atom. The van der Waals surface area contributed by atoms with Gasteiger partial charge < -0.3 is 10.6 Å². The minimum Gasteiger partial charge on any atom is -0.327 e. The first-order chi connectivity index (χ1) is 6.46. The molecule has 1 saturated carbocycles. The Kier molecular flexibility index (Phi) is 2.47. The van der Waals surface area contributed by atoms with Crippen LogP contribution in [0.15, 0.2) is 0 Å². The Labute approximate surface area is 81.2 Å². The van der Waals surface area contributed by atoms with Crippen molar-refractivity contribution in [3.05, 3.63) is 0 Å². The van der Waals surface area contributed by atoms with E-state index in [9.17, 15) is 13.2 Å². The van der Waals surface area contributed by atoms with Crippen molar-refractivity contribution in [3.8, 4) is 0 Å². The topological polar surface area (TPSA) is 29.3 Å². The van der Waals surface area contributed by atoms with Gasteiger partial charge in [-0.15, -0.1) is 0 Å².